The van der Waals surface area contributed by atoms with Crippen LogP contribution < -0.4 is 11.3 Å². The van der Waals surface area contributed by atoms with Gasteiger partial charge in [0.25, 0.3) is 5.56 Å². The van der Waals surface area contributed by atoms with Crippen LogP contribution >= 0.6 is 0 Å². The SMILES string of the molecule is N#Cc1c(N)[nH]c(=O)c(C#N)c1-c1ccccc1-c1ncc[nH]1. The van der Waals surface area contributed by atoms with Crippen LogP contribution in [0.15, 0.2) is 41.5 Å². The van der Waals surface area contributed by atoms with Crippen LogP contribution in [0.3, 0.4) is 0 Å². The Bertz CT molecular complexity index is 1020. The number of hydrogen-bond donors (Lipinski definition) is 3. The molecule has 0 bridgehead atoms. The van der Waals surface area contributed by atoms with Crippen LogP contribution in [-0.4, -0.2) is 15.0 Å². The third-order valence-corrected chi connectivity index (χ3v) is 3.42. The van der Waals surface area contributed by atoms with Crippen molar-refractivity contribution < 1.29 is 0 Å². The van der Waals surface area contributed by atoms with Crippen LogP contribution in [0.5, 0.6) is 0 Å². The van der Waals surface area contributed by atoms with Gasteiger partial charge in [0, 0.05) is 23.5 Å². The molecular formula is C16H10N6O. The van der Waals surface area contributed by atoms with Gasteiger partial charge in [-0.15, -0.1) is 0 Å². The van der Waals surface area contributed by atoms with Crippen LogP contribution in [0, 0.1) is 22.7 Å². The zero-order chi connectivity index (χ0) is 16.4. The van der Waals surface area contributed by atoms with Gasteiger partial charge < -0.3 is 15.7 Å². The molecule has 4 N–H and O–H groups in total. The molecule has 0 unspecified atom stereocenters. The van der Waals surface area contributed by atoms with Crippen molar-refractivity contribution in [2.45, 2.75) is 0 Å². The molecule has 0 spiro atoms. The van der Waals surface area contributed by atoms with Gasteiger partial charge in [0.2, 0.25) is 0 Å². The third-order valence-electron chi connectivity index (χ3n) is 3.42. The van der Waals surface area contributed by atoms with E-state index < -0.39 is 5.56 Å². The van der Waals surface area contributed by atoms with Gasteiger partial charge >= 0.3 is 0 Å². The number of anilines is 1. The first kappa shape index (κ1) is 14.1. The van der Waals surface area contributed by atoms with Crippen LogP contribution in [0.1, 0.15) is 11.1 Å². The first-order valence-corrected chi connectivity index (χ1v) is 6.62. The Morgan fingerprint density at radius 1 is 1.09 bits per heavy atom. The van der Waals surface area contributed by atoms with Gasteiger partial charge in [0.1, 0.15) is 34.9 Å². The van der Waals surface area contributed by atoms with Crippen molar-refractivity contribution in [3.8, 4) is 34.7 Å². The van der Waals surface area contributed by atoms with E-state index in [0.29, 0.717) is 17.0 Å². The van der Waals surface area contributed by atoms with Gasteiger partial charge in [-0.1, -0.05) is 24.3 Å². The second-order valence-corrected chi connectivity index (χ2v) is 4.70. The van der Waals surface area contributed by atoms with Crippen molar-refractivity contribution in [1.82, 2.24) is 15.0 Å². The van der Waals surface area contributed by atoms with Crippen LogP contribution in [0.2, 0.25) is 0 Å². The lowest BCUT2D eigenvalue weighted by Crippen LogP contribution is -2.16. The molecule has 2 heterocycles. The molecule has 0 saturated heterocycles. The highest BCUT2D eigenvalue weighted by Crippen LogP contribution is 2.34. The monoisotopic (exact) mass is 302 g/mol. The Kier molecular flexibility index (Phi) is 3.38. The van der Waals surface area contributed by atoms with Crippen molar-refractivity contribution >= 4 is 5.82 Å². The fourth-order valence-electron chi connectivity index (χ4n) is 2.43. The van der Waals surface area contributed by atoms with E-state index in [9.17, 15) is 15.3 Å². The number of nitrogens with one attached hydrogen (secondary N) is 2. The molecule has 0 radical (unpaired) electrons. The van der Waals surface area contributed by atoms with Crippen LogP contribution in [0.4, 0.5) is 5.82 Å². The first-order valence-electron chi connectivity index (χ1n) is 6.62. The summed E-state index contributed by atoms with van der Waals surface area (Å²) in [5, 5.41) is 18.8. The smallest absolute Gasteiger partial charge is 0.268 e. The quantitative estimate of drug-likeness (QED) is 0.662. The molecule has 7 heteroatoms. The Balaban J connectivity index is 2.45. The average Bonchev–Trinajstić information content (AvgIpc) is 3.08. The van der Waals surface area contributed by atoms with Gasteiger partial charge in [-0.2, -0.15) is 10.5 Å². The second kappa shape index (κ2) is 5.51. The van der Waals surface area contributed by atoms with E-state index in [1.807, 2.05) is 12.1 Å². The minimum atomic E-state index is -0.631. The summed E-state index contributed by atoms with van der Waals surface area (Å²) in [6.45, 7) is 0. The van der Waals surface area contributed by atoms with Gasteiger partial charge in [-0.25, -0.2) is 4.98 Å². The molecule has 0 amide bonds. The number of nitrogen functional groups attached to an aromatic ring is 1. The molecular weight excluding hydrogens is 292 g/mol. The van der Waals surface area contributed by atoms with E-state index >= 15 is 0 Å². The summed E-state index contributed by atoms with van der Waals surface area (Å²) >= 11 is 0. The topological polar surface area (TPSA) is 135 Å². The fourth-order valence-corrected chi connectivity index (χ4v) is 2.43. The van der Waals surface area contributed by atoms with Crippen molar-refractivity contribution in [2.75, 3.05) is 5.73 Å². The third kappa shape index (κ3) is 2.23. The Labute approximate surface area is 130 Å². The molecule has 0 aliphatic heterocycles. The van der Waals surface area contributed by atoms with E-state index in [1.54, 1.807) is 36.7 Å². The molecule has 23 heavy (non-hydrogen) atoms. The number of nitrogens with zero attached hydrogens (tertiary/aromatic N) is 3. The molecule has 0 saturated carbocycles. The molecule has 0 aliphatic rings. The van der Waals surface area contributed by atoms with Crippen LogP contribution in [-0.2, 0) is 0 Å². The predicted octanol–water partition coefficient (Wildman–Crippen LogP) is 1.76. The number of nitriles is 2. The Morgan fingerprint density at radius 3 is 2.39 bits per heavy atom. The highest BCUT2D eigenvalue weighted by atomic mass is 16.1. The molecule has 7 nitrogen and oxygen atoms in total. The van der Waals surface area contributed by atoms with E-state index in [2.05, 4.69) is 15.0 Å². The largest absolute Gasteiger partial charge is 0.384 e. The zero-order valence-corrected chi connectivity index (χ0v) is 11.8. The van der Waals surface area contributed by atoms with Gasteiger partial charge in [-0.05, 0) is 5.56 Å². The van der Waals surface area contributed by atoms with Crippen molar-refractivity contribution in [3.63, 3.8) is 0 Å². The number of hydrogen-bond acceptors (Lipinski definition) is 5. The number of benzene rings is 1. The van der Waals surface area contributed by atoms with Gasteiger partial charge in [-0.3, -0.25) is 4.79 Å². The zero-order valence-electron chi connectivity index (χ0n) is 11.8. The summed E-state index contributed by atoms with van der Waals surface area (Å²) in [5.74, 6) is 0.494. The lowest BCUT2D eigenvalue weighted by Gasteiger charge is -2.12. The highest BCUT2D eigenvalue weighted by molar-refractivity contribution is 5.88. The Morgan fingerprint density at radius 2 is 1.78 bits per heavy atom. The highest BCUT2D eigenvalue weighted by Gasteiger charge is 2.21. The standard InChI is InChI=1S/C16H10N6O/c17-7-11-13(12(8-18)16(23)22-14(11)19)9-3-1-2-4-10(9)15-20-5-6-21-15/h1-6H,(H,20,21)(H3,19,22,23). The van der Waals surface area contributed by atoms with E-state index in [-0.39, 0.29) is 22.5 Å². The molecule has 0 fully saturated rings. The molecule has 110 valence electrons. The minimum absolute atomic E-state index is 0.0557. The lowest BCUT2D eigenvalue weighted by molar-refractivity contribution is 1.21. The average molecular weight is 302 g/mol. The number of rotatable bonds is 2. The minimum Gasteiger partial charge on any atom is -0.384 e. The summed E-state index contributed by atoms with van der Waals surface area (Å²) in [5.41, 5.74) is 6.43. The summed E-state index contributed by atoms with van der Waals surface area (Å²) < 4.78 is 0. The maximum absolute atomic E-state index is 12.0. The molecule has 1 aromatic carbocycles. The number of nitrogens with two attached hydrogens (primary N) is 1. The molecule has 3 aromatic rings. The van der Waals surface area contributed by atoms with Crippen LogP contribution in [0.25, 0.3) is 22.5 Å². The first-order chi connectivity index (χ1) is 11.2. The lowest BCUT2D eigenvalue weighted by atomic mass is 9.92. The van der Waals surface area contributed by atoms with Gasteiger partial charge in [0.15, 0.2) is 0 Å². The summed E-state index contributed by atoms with van der Waals surface area (Å²) in [6, 6.07) is 10.9. The van der Waals surface area contributed by atoms with Crippen molar-refractivity contribution in [3.05, 3.63) is 58.1 Å². The number of aromatic nitrogens is 3. The van der Waals surface area contributed by atoms with Gasteiger partial charge in [0.05, 0.1) is 0 Å². The number of imidazole rings is 1. The summed E-state index contributed by atoms with van der Waals surface area (Å²) in [4.78, 5) is 21.5. The molecule has 0 atom stereocenters. The second-order valence-electron chi connectivity index (χ2n) is 4.70. The van der Waals surface area contributed by atoms with Crippen molar-refractivity contribution in [1.29, 1.82) is 10.5 Å². The summed E-state index contributed by atoms with van der Waals surface area (Å²) in [6.07, 6.45) is 3.25. The fraction of sp³-hybridized carbons (Fsp3) is 0. The molecule has 2 aromatic heterocycles. The normalized spacial score (nSPS) is 10.0. The predicted molar refractivity (Wildman–Crippen MR) is 83.9 cm³/mol. The molecule has 0 aliphatic carbocycles. The Hall–Kier alpha value is -3.84. The maximum atomic E-state index is 12.0. The molecule has 3 rings (SSSR count). The number of H-pyrrole nitrogens is 2. The summed E-state index contributed by atoms with van der Waals surface area (Å²) in [7, 11) is 0. The maximum Gasteiger partial charge on any atom is 0.268 e. The van der Waals surface area contributed by atoms with E-state index in [4.69, 9.17) is 5.73 Å². The van der Waals surface area contributed by atoms with E-state index in [0.717, 1.165) is 0 Å². The number of pyridine rings is 1. The van der Waals surface area contributed by atoms with Crippen molar-refractivity contribution in [2.24, 2.45) is 0 Å². The number of aromatic amines is 2. The van der Waals surface area contributed by atoms with E-state index in [1.165, 1.54) is 0 Å².